The first-order chi connectivity index (χ1) is 7.52. The summed E-state index contributed by atoms with van der Waals surface area (Å²) >= 11 is 4.22. The van der Waals surface area contributed by atoms with E-state index in [4.69, 9.17) is 0 Å². The monoisotopic (exact) mass is 237 g/mol. The van der Waals surface area contributed by atoms with Crippen molar-refractivity contribution < 1.29 is 4.79 Å². The van der Waals surface area contributed by atoms with Gasteiger partial charge >= 0.3 is 0 Å². The number of ketones is 1. The number of benzene rings is 1. The van der Waals surface area contributed by atoms with E-state index >= 15 is 0 Å². The van der Waals surface area contributed by atoms with Crippen molar-refractivity contribution in [1.29, 1.82) is 0 Å². The predicted molar refractivity (Wildman–Crippen MR) is 71.1 cm³/mol. The maximum atomic E-state index is 12.0. The Morgan fingerprint density at radius 3 is 2.31 bits per heavy atom. The SMILES string of the molecule is CC(S)C(=O)C(Cc1ccccc1)N(C)C. The molecule has 0 aliphatic rings. The largest absolute Gasteiger partial charge is 0.299 e. The van der Waals surface area contributed by atoms with Gasteiger partial charge in [0.05, 0.1) is 11.3 Å². The molecule has 0 aromatic heterocycles. The van der Waals surface area contributed by atoms with Crippen molar-refractivity contribution in [3.63, 3.8) is 0 Å². The minimum Gasteiger partial charge on any atom is -0.299 e. The Balaban J connectivity index is 2.77. The third-order valence-corrected chi connectivity index (χ3v) is 2.89. The standard InChI is InChI=1S/C13H19NOS/c1-10(16)13(15)12(14(2)3)9-11-7-5-4-6-8-11/h4-8,10,12,16H,9H2,1-3H3. The van der Waals surface area contributed by atoms with E-state index in [2.05, 4.69) is 12.6 Å². The Labute approximate surface area is 103 Å². The molecule has 1 aromatic rings. The molecule has 0 saturated heterocycles. The lowest BCUT2D eigenvalue weighted by molar-refractivity contribution is -0.122. The van der Waals surface area contributed by atoms with Gasteiger partial charge in [0.25, 0.3) is 0 Å². The van der Waals surface area contributed by atoms with E-state index in [0.717, 1.165) is 6.42 Å². The van der Waals surface area contributed by atoms with Crippen molar-refractivity contribution in [2.75, 3.05) is 14.1 Å². The number of Topliss-reactive ketones (excluding diaryl/α,β-unsaturated/α-hetero) is 1. The molecule has 0 fully saturated rings. The van der Waals surface area contributed by atoms with E-state index in [1.807, 2.05) is 56.3 Å². The van der Waals surface area contributed by atoms with Gasteiger partial charge in [0.1, 0.15) is 0 Å². The Morgan fingerprint density at radius 2 is 1.88 bits per heavy atom. The molecule has 0 spiro atoms. The van der Waals surface area contributed by atoms with Gasteiger partial charge in [0, 0.05) is 0 Å². The molecule has 0 N–H and O–H groups in total. The summed E-state index contributed by atoms with van der Waals surface area (Å²) in [7, 11) is 3.86. The van der Waals surface area contributed by atoms with Crippen LogP contribution in [0.5, 0.6) is 0 Å². The average Bonchev–Trinajstić information content (AvgIpc) is 2.26. The second-order valence-corrected chi connectivity index (χ2v) is 5.02. The van der Waals surface area contributed by atoms with E-state index in [-0.39, 0.29) is 17.1 Å². The van der Waals surface area contributed by atoms with Crippen molar-refractivity contribution in [3.8, 4) is 0 Å². The lowest BCUT2D eigenvalue weighted by Crippen LogP contribution is -2.41. The van der Waals surface area contributed by atoms with Crippen LogP contribution in [-0.4, -0.2) is 36.1 Å². The number of hydrogen-bond acceptors (Lipinski definition) is 3. The van der Waals surface area contributed by atoms with Crippen LogP contribution in [0.1, 0.15) is 12.5 Å². The quantitative estimate of drug-likeness (QED) is 0.791. The van der Waals surface area contributed by atoms with Crippen molar-refractivity contribution in [1.82, 2.24) is 4.90 Å². The Kier molecular flexibility index (Phi) is 5.03. The van der Waals surface area contributed by atoms with Crippen molar-refractivity contribution in [2.45, 2.75) is 24.6 Å². The first-order valence-electron chi connectivity index (χ1n) is 5.44. The molecule has 1 rings (SSSR count). The van der Waals surface area contributed by atoms with Crippen molar-refractivity contribution >= 4 is 18.4 Å². The number of hydrogen-bond donors (Lipinski definition) is 1. The molecule has 88 valence electrons. The molecular weight excluding hydrogens is 218 g/mol. The molecule has 0 radical (unpaired) electrons. The number of thiol groups is 1. The van der Waals surface area contributed by atoms with Gasteiger partial charge in [0.2, 0.25) is 0 Å². The van der Waals surface area contributed by atoms with Gasteiger partial charge < -0.3 is 0 Å². The summed E-state index contributed by atoms with van der Waals surface area (Å²) in [5.74, 6) is 0.178. The molecule has 0 aliphatic heterocycles. The number of carbonyl (C=O) groups is 1. The first kappa shape index (κ1) is 13.3. The number of likely N-dealkylation sites (N-methyl/N-ethyl adjacent to an activating group) is 1. The summed E-state index contributed by atoms with van der Waals surface area (Å²) in [4.78, 5) is 13.9. The Bertz CT molecular complexity index is 335. The second kappa shape index (κ2) is 6.06. The first-order valence-corrected chi connectivity index (χ1v) is 5.96. The summed E-state index contributed by atoms with van der Waals surface area (Å²) in [6, 6.07) is 9.99. The molecule has 0 heterocycles. The zero-order chi connectivity index (χ0) is 12.1. The fraction of sp³-hybridized carbons (Fsp3) is 0.462. The van der Waals surface area contributed by atoms with Gasteiger partial charge in [-0.2, -0.15) is 12.6 Å². The lowest BCUT2D eigenvalue weighted by atomic mass is 10.00. The molecule has 2 nitrogen and oxygen atoms in total. The van der Waals surface area contributed by atoms with Crippen LogP contribution in [0, 0.1) is 0 Å². The molecule has 0 bridgehead atoms. The van der Waals surface area contributed by atoms with Gasteiger partial charge in [-0.25, -0.2) is 0 Å². The molecular formula is C13H19NOS. The van der Waals surface area contributed by atoms with Gasteiger partial charge in [-0.15, -0.1) is 0 Å². The van der Waals surface area contributed by atoms with E-state index in [1.54, 1.807) is 0 Å². The highest BCUT2D eigenvalue weighted by molar-refractivity contribution is 7.81. The molecule has 1 aromatic carbocycles. The molecule has 0 amide bonds. The highest BCUT2D eigenvalue weighted by Crippen LogP contribution is 2.11. The number of nitrogens with zero attached hydrogens (tertiary/aromatic N) is 1. The van der Waals surface area contributed by atoms with Crippen LogP contribution in [0.3, 0.4) is 0 Å². The Hall–Kier alpha value is -0.800. The van der Waals surface area contributed by atoms with Gasteiger partial charge in [-0.1, -0.05) is 30.3 Å². The topological polar surface area (TPSA) is 20.3 Å². The smallest absolute Gasteiger partial charge is 0.162 e. The van der Waals surface area contributed by atoms with Crippen molar-refractivity contribution in [2.24, 2.45) is 0 Å². The summed E-state index contributed by atoms with van der Waals surface area (Å²) < 4.78 is 0. The fourth-order valence-electron chi connectivity index (χ4n) is 1.65. The normalized spacial score (nSPS) is 14.8. The second-order valence-electron chi connectivity index (χ2n) is 4.25. The lowest BCUT2D eigenvalue weighted by Gasteiger charge is -2.24. The molecule has 3 heteroatoms. The minimum absolute atomic E-state index is 0.0881. The highest BCUT2D eigenvalue weighted by atomic mass is 32.1. The predicted octanol–water partition coefficient (Wildman–Crippen LogP) is 2.05. The third-order valence-electron chi connectivity index (χ3n) is 2.64. The van der Waals surface area contributed by atoms with Crippen LogP contribution >= 0.6 is 12.6 Å². The number of carbonyl (C=O) groups excluding carboxylic acids is 1. The maximum absolute atomic E-state index is 12.0. The summed E-state index contributed by atoms with van der Waals surface area (Å²) in [5, 5.41) is -0.212. The third kappa shape index (κ3) is 3.65. The molecule has 0 saturated carbocycles. The molecule has 16 heavy (non-hydrogen) atoms. The van der Waals surface area contributed by atoms with Gasteiger partial charge in [-0.3, -0.25) is 9.69 Å². The Morgan fingerprint density at radius 1 is 1.31 bits per heavy atom. The zero-order valence-corrected chi connectivity index (χ0v) is 10.9. The van der Waals surface area contributed by atoms with Gasteiger partial charge in [-0.05, 0) is 33.0 Å². The van der Waals surface area contributed by atoms with Crippen LogP contribution in [0.15, 0.2) is 30.3 Å². The van der Waals surface area contributed by atoms with Crippen LogP contribution in [0.2, 0.25) is 0 Å². The summed E-state index contributed by atoms with van der Waals surface area (Å²) in [6.07, 6.45) is 0.748. The maximum Gasteiger partial charge on any atom is 0.162 e. The highest BCUT2D eigenvalue weighted by Gasteiger charge is 2.23. The molecule has 2 atom stereocenters. The zero-order valence-electron chi connectivity index (χ0n) is 10.1. The van der Waals surface area contributed by atoms with E-state index in [0.29, 0.717) is 0 Å². The van der Waals surface area contributed by atoms with Crippen LogP contribution in [-0.2, 0) is 11.2 Å². The summed E-state index contributed by atoms with van der Waals surface area (Å²) in [5.41, 5.74) is 1.18. The van der Waals surface area contributed by atoms with E-state index in [9.17, 15) is 4.79 Å². The van der Waals surface area contributed by atoms with E-state index in [1.165, 1.54) is 5.56 Å². The van der Waals surface area contributed by atoms with Gasteiger partial charge in [0.15, 0.2) is 5.78 Å². The van der Waals surface area contributed by atoms with Crippen LogP contribution < -0.4 is 0 Å². The van der Waals surface area contributed by atoms with Crippen LogP contribution in [0.25, 0.3) is 0 Å². The molecule has 2 unspecified atom stereocenters. The van der Waals surface area contributed by atoms with E-state index < -0.39 is 0 Å². The van der Waals surface area contributed by atoms with Crippen LogP contribution in [0.4, 0.5) is 0 Å². The molecule has 0 aliphatic carbocycles. The summed E-state index contributed by atoms with van der Waals surface area (Å²) in [6.45, 7) is 1.83. The van der Waals surface area contributed by atoms with Crippen molar-refractivity contribution in [3.05, 3.63) is 35.9 Å². The minimum atomic E-state index is -0.212. The fourth-order valence-corrected chi connectivity index (χ4v) is 1.83. The average molecular weight is 237 g/mol. The number of rotatable bonds is 5.